The predicted octanol–water partition coefficient (Wildman–Crippen LogP) is 2.61. The van der Waals surface area contributed by atoms with Gasteiger partial charge in [0.25, 0.3) is 0 Å². The van der Waals surface area contributed by atoms with Gasteiger partial charge in [-0.2, -0.15) is 4.98 Å². The highest BCUT2D eigenvalue weighted by Crippen LogP contribution is 2.62. The van der Waals surface area contributed by atoms with Crippen LogP contribution in [0.15, 0.2) is 6.20 Å². The predicted molar refractivity (Wildman–Crippen MR) is 118 cm³/mol. The zero-order chi connectivity index (χ0) is 23.3. The third-order valence-electron chi connectivity index (χ3n) is 7.32. The average molecular weight is 488 g/mol. The minimum absolute atomic E-state index is 0.000402. The minimum Gasteiger partial charge on any atom is -0.480 e. The van der Waals surface area contributed by atoms with Crippen LogP contribution in [0.1, 0.15) is 44.9 Å². The molecule has 0 radical (unpaired) electrons. The van der Waals surface area contributed by atoms with E-state index in [2.05, 4.69) is 9.97 Å². The highest BCUT2D eigenvalue weighted by atomic mass is 35.5. The lowest BCUT2D eigenvalue weighted by Crippen LogP contribution is -2.47. The first kappa shape index (κ1) is 23.5. The largest absolute Gasteiger partial charge is 0.480 e. The Bertz CT molecular complexity index is 992. The van der Waals surface area contributed by atoms with Gasteiger partial charge in [-0.25, -0.2) is 18.2 Å². The molecule has 3 fully saturated rings. The van der Waals surface area contributed by atoms with Crippen LogP contribution in [0.4, 0.5) is 4.79 Å². The van der Waals surface area contributed by atoms with Gasteiger partial charge in [0.15, 0.2) is 9.84 Å². The summed E-state index contributed by atoms with van der Waals surface area (Å²) in [6, 6.07) is -0.780. The summed E-state index contributed by atoms with van der Waals surface area (Å²) >= 11 is 6.07. The van der Waals surface area contributed by atoms with Crippen molar-refractivity contribution in [3.63, 3.8) is 0 Å². The molecule has 11 heteroatoms. The lowest BCUT2D eigenvalue weighted by atomic mass is 9.86. The molecule has 0 spiro atoms. The van der Waals surface area contributed by atoms with Gasteiger partial charge in [-0.15, -0.1) is 0 Å². The molecule has 9 nitrogen and oxygen atoms in total. The number of carbonyl (C=O) groups is 1. The van der Waals surface area contributed by atoms with Crippen LogP contribution in [-0.2, 0) is 24.7 Å². The van der Waals surface area contributed by atoms with Crippen molar-refractivity contribution < 1.29 is 27.4 Å². The number of nitrogens with zero attached hydrogens (tertiary/aromatic N) is 3. The molecule has 1 aliphatic heterocycles. The normalized spacial score (nSPS) is 34.2. The van der Waals surface area contributed by atoms with E-state index in [0.29, 0.717) is 23.2 Å². The van der Waals surface area contributed by atoms with E-state index in [-0.39, 0.29) is 24.2 Å². The van der Waals surface area contributed by atoms with Crippen molar-refractivity contribution in [3.8, 4) is 5.88 Å². The third-order valence-corrected chi connectivity index (χ3v) is 9.18. The molecule has 2 aliphatic carbocycles. The number of carbonyl (C=O) groups excluding carboxylic acids is 1. The monoisotopic (exact) mass is 487 g/mol. The van der Waals surface area contributed by atoms with E-state index in [4.69, 9.17) is 25.8 Å². The van der Waals surface area contributed by atoms with E-state index in [9.17, 15) is 13.2 Å². The first-order valence-corrected chi connectivity index (χ1v) is 13.2. The van der Waals surface area contributed by atoms with Gasteiger partial charge in [-0.05, 0) is 44.9 Å². The van der Waals surface area contributed by atoms with Gasteiger partial charge in [-0.1, -0.05) is 11.6 Å². The van der Waals surface area contributed by atoms with Crippen molar-refractivity contribution in [2.45, 2.75) is 67.9 Å². The van der Waals surface area contributed by atoms with Crippen molar-refractivity contribution in [2.24, 2.45) is 5.92 Å². The van der Waals surface area contributed by atoms with Crippen LogP contribution in [-0.4, -0.2) is 79.9 Å². The Kier molecular flexibility index (Phi) is 6.32. The number of hydrogen-bond acceptors (Lipinski definition) is 8. The highest BCUT2D eigenvalue weighted by Gasteiger charge is 2.60. The molecule has 1 aromatic heterocycles. The second-order valence-corrected chi connectivity index (χ2v) is 11.9. The number of methoxy groups -OCH3 is 2. The molecule has 6 atom stereocenters. The first-order chi connectivity index (χ1) is 15.1. The summed E-state index contributed by atoms with van der Waals surface area (Å²) in [5.74, 6) is 1.55. The Morgan fingerprint density at radius 1 is 1.34 bits per heavy atom. The maximum atomic E-state index is 12.4. The van der Waals surface area contributed by atoms with Crippen LogP contribution in [0.25, 0.3) is 0 Å². The molecule has 0 aromatic carbocycles. The Balaban J connectivity index is 1.41. The van der Waals surface area contributed by atoms with Gasteiger partial charge >= 0.3 is 6.09 Å². The second-order valence-electron chi connectivity index (χ2n) is 9.24. The van der Waals surface area contributed by atoms with E-state index in [1.165, 1.54) is 25.4 Å². The molecule has 3 unspecified atom stereocenters. The van der Waals surface area contributed by atoms with Crippen LogP contribution in [0.5, 0.6) is 5.88 Å². The van der Waals surface area contributed by atoms with E-state index in [1.54, 1.807) is 6.20 Å². The van der Waals surface area contributed by atoms with Gasteiger partial charge in [0, 0.05) is 17.7 Å². The Morgan fingerprint density at radius 3 is 2.72 bits per heavy atom. The average Bonchev–Trinajstić information content (AvgIpc) is 3.39. The smallest absolute Gasteiger partial charge is 0.410 e. The summed E-state index contributed by atoms with van der Waals surface area (Å²) in [5.41, 5.74) is -0.0626. The molecular weight excluding hydrogens is 458 g/mol. The van der Waals surface area contributed by atoms with Crippen molar-refractivity contribution in [1.82, 2.24) is 14.9 Å². The maximum absolute atomic E-state index is 12.4. The van der Waals surface area contributed by atoms with Gasteiger partial charge in [0.1, 0.15) is 10.8 Å². The molecule has 0 bridgehead atoms. The molecule has 1 aromatic rings. The molecule has 32 heavy (non-hydrogen) atoms. The minimum atomic E-state index is -3.34. The van der Waals surface area contributed by atoms with Gasteiger partial charge in [-0.3, -0.25) is 4.90 Å². The number of likely N-dealkylation sites (tertiary alicyclic amines) is 1. The van der Waals surface area contributed by atoms with Crippen molar-refractivity contribution in [1.29, 1.82) is 0 Å². The van der Waals surface area contributed by atoms with Crippen LogP contribution in [0.3, 0.4) is 0 Å². The van der Waals surface area contributed by atoms with Crippen molar-refractivity contribution in [3.05, 3.63) is 17.0 Å². The molecule has 1 amide bonds. The van der Waals surface area contributed by atoms with Crippen LogP contribution < -0.4 is 4.74 Å². The maximum Gasteiger partial charge on any atom is 0.410 e. The van der Waals surface area contributed by atoms with Crippen LogP contribution >= 0.6 is 11.6 Å². The number of sulfone groups is 1. The number of fused-ring (bicyclic) bond motifs is 1. The summed E-state index contributed by atoms with van der Waals surface area (Å²) in [4.78, 5) is 22.8. The first-order valence-electron chi connectivity index (χ1n) is 10.8. The molecule has 2 heterocycles. The summed E-state index contributed by atoms with van der Waals surface area (Å²) in [7, 11) is -0.494. The Hall–Kier alpha value is -1.65. The topological polar surface area (TPSA) is 108 Å². The van der Waals surface area contributed by atoms with Crippen molar-refractivity contribution in [2.75, 3.05) is 27.1 Å². The van der Waals surface area contributed by atoms with E-state index < -0.39 is 27.2 Å². The Morgan fingerprint density at radius 2 is 2.09 bits per heavy atom. The quantitative estimate of drug-likeness (QED) is 0.602. The van der Waals surface area contributed by atoms with Crippen LogP contribution in [0, 0.1) is 5.92 Å². The number of halogens is 1. The summed E-state index contributed by atoms with van der Waals surface area (Å²) in [6.07, 6.45) is 6.20. The van der Waals surface area contributed by atoms with Gasteiger partial charge < -0.3 is 14.2 Å². The molecule has 3 aliphatic rings. The fourth-order valence-electron chi connectivity index (χ4n) is 5.54. The van der Waals surface area contributed by atoms with E-state index >= 15 is 0 Å². The molecule has 0 N–H and O–H groups in total. The van der Waals surface area contributed by atoms with E-state index in [0.717, 1.165) is 31.5 Å². The number of amides is 1. The Labute approximate surface area is 193 Å². The molecule has 2 saturated carbocycles. The molecule has 4 rings (SSSR count). The summed E-state index contributed by atoms with van der Waals surface area (Å²) in [6.45, 7) is 2.02. The number of ether oxygens (including phenoxy) is 3. The fraction of sp³-hybridized carbons (Fsp3) is 0.762. The lowest BCUT2D eigenvalue weighted by Gasteiger charge is -2.32. The zero-order valence-electron chi connectivity index (χ0n) is 18.8. The summed E-state index contributed by atoms with van der Waals surface area (Å²) < 4.78 is 41.1. The van der Waals surface area contributed by atoms with Crippen molar-refractivity contribution >= 4 is 27.5 Å². The lowest BCUT2D eigenvalue weighted by molar-refractivity contribution is -0.00704. The molecular formula is C21H30ClN3O6S. The van der Waals surface area contributed by atoms with Crippen LogP contribution in [0.2, 0.25) is 5.02 Å². The number of rotatable bonds is 6. The number of aromatic nitrogens is 2. The van der Waals surface area contributed by atoms with Gasteiger partial charge in [0.05, 0.1) is 44.4 Å². The molecule has 178 valence electrons. The third kappa shape index (κ3) is 4.17. The van der Waals surface area contributed by atoms with Gasteiger partial charge in [0.2, 0.25) is 5.88 Å². The second kappa shape index (κ2) is 8.61. The number of hydrogen-bond donors (Lipinski definition) is 0. The van der Waals surface area contributed by atoms with E-state index in [1.807, 2.05) is 6.92 Å². The summed E-state index contributed by atoms with van der Waals surface area (Å²) in [5, 5.41) is -0.265. The zero-order valence-corrected chi connectivity index (χ0v) is 20.4. The SMILES string of the molecule is COC(=O)N1[C@H](C)C[C@H](S(C)(=O)=O)[C@H]1COC1CCC2(c3ncc(Cl)c(OC)n3)CC2C1. The molecule has 1 saturated heterocycles. The highest BCUT2D eigenvalue weighted by molar-refractivity contribution is 7.91. The standard InChI is InChI=1S/C21H30ClN3O6S/c1-12-7-17(32(4,27)28)16(25(12)20(26)30-3)11-31-14-5-6-21(9-13(21)8-14)19-23-10-15(22)18(24-19)29-2/h10,12-14,16-17H,5-9,11H2,1-4H3/t12-,13?,14?,16-,17+,21?/m1/s1. The fourth-order valence-corrected chi connectivity index (χ4v) is 7.11.